The molecule has 1 aliphatic heterocycles. The van der Waals surface area contributed by atoms with Crippen LogP contribution in [0.5, 0.6) is 0 Å². The number of carbonyl (C=O) groups is 1. The van der Waals surface area contributed by atoms with Crippen molar-refractivity contribution >= 4 is 5.97 Å². The first-order valence-electron chi connectivity index (χ1n) is 5.16. The second-order valence-corrected chi connectivity index (χ2v) is 4.13. The van der Waals surface area contributed by atoms with Gasteiger partial charge < -0.3 is 19.9 Å². The molecule has 2 unspecified atom stereocenters. The number of aliphatic carboxylic acids is 1. The van der Waals surface area contributed by atoms with Crippen molar-refractivity contribution in [2.75, 3.05) is 33.5 Å². The van der Waals surface area contributed by atoms with Crippen molar-refractivity contribution in [1.29, 1.82) is 0 Å². The molecule has 0 saturated carbocycles. The van der Waals surface area contributed by atoms with Crippen molar-refractivity contribution in [2.24, 2.45) is 5.92 Å². The van der Waals surface area contributed by atoms with E-state index in [0.717, 1.165) is 19.6 Å². The average molecular weight is 217 g/mol. The van der Waals surface area contributed by atoms with Crippen LogP contribution in [-0.4, -0.2) is 50.1 Å². The van der Waals surface area contributed by atoms with Gasteiger partial charge >= 0.3 is 5.97 Å². The van der Waals surface area contributed by atoms with Gasteiger partial charge in [0.1, 0.15) is 5.54 Å². The summed E-state index contributed by atoms with van der Waals surface area (Å²) in [6.45, 7) is 3.87. The van der Waals surface area contributed by atoms with Gasteiger partial charge in [0.25, 0.3) is 0 Å². The molecule has 5 nitrogen and oxygen atoms in total. The van der Waals surface area contributed by atoms with Crippen molar-refractivity contribution in [3.8, 4) is 0 Å². The van der Waals surface area contributed by atoms with E-state index in [1.807, 2.05) is 0 Å². The van der Waals surface area contributed by atoms with E-state index in [2.05, 4.69) is 5.32 Å². The van der Waals surface area contributed by atoms with E-state index in [0.29, 0.717) is 12.5 Å². The molecule has 88 valence electrons. The standard InChI is InChI=1S/C10H19NO4/c1-10(11-2,9(12)13)7-15-6-8-3-4-14-5-8/h8,11H,3-7H2,1-2H3,(H,12,13). The van der Waals surface area contributed by atoms with Crippen LogP contribution in [0.15, 0.2) is 0 Å². The molecule has 15 heavy (non-hydrogen) atoms. The van der Waals surface area contributed by atoms with Gasteiger partial charge in [-0.15, -0.1) is 0 Å². The molecular formula is C10H19NO4. The Morgan fingerprint density at radius 2 is 2.47 bits per heavy atom. The number of carboxylic acids is 1. The van der Waals surface area contributed by atoms with Gasteiger partial charge in [-0.2, -0.15) is 0 Å². The van der Waals surface area contributed by atoms with Crippen molar-refractivity contribution in [3.63, 3.8) is 0 Å². The number of ether oxygens (including phenoxy) is 2. The fourth-order valence-electron chi connectivity index (χ4n) is 1.39. The van der Waals surface area contributed by atoms with Gasteiger partial charge in [0.15, 0.2) is 0 Å². The minimum absolute atomic E-state index is 0.176. The van der Waals surface area contributed by atoms with Crippen LogP contribution >= 0.6 is 0 Å². The molecule has 1 heterocycles. The molecule has 0 aromatic carbocycles. The number of hydrogen-bond acceptors (Lipinski definition) is 4. The van der Waals surface area contributed by atoms with Crippen molar-refractivity contribution < 1.29 is 19.4 Å². The lowest BCUT2D eigenvalue weighted by atomic mass is 10.1. The van der Waals surface area contributed by atoms with Gasteiger partial charge in [-0.3, -0.25) is 4.79 Å². The molecule has 0 bridgehead atoms. The number of likely N-dealkylation sites (N-methyl/N-ethyl adjacent to an activating group) is 1. The quantitative estimate of drug-likeness (QED) is 0.660. The van der Waals surface area contributed by atoms with Crippen LogP contribution in [-0.2, 0) is 14.3 Å². The number of carboxylic acid groups (broad SMARTS) is 1. The number of nitrogens with one attached hydrogen (secondary N) is 1. The minimum atomic E-state index is -1.00. The zero-order valence-corrected chi connectivity index (χ0v) is 9.28. The summed E-state index contributed by atoms with van der Waals surface area (Å²) >= 11 is 0. The number of hydrogen-bond donors (Lipinski definition) is 2. The highest BCUT2D eigenvalue weighted by molar-refractivity contribution is 5.78. The van der Waals surface area contributed by atoms with E-state index in [-0.39, 0.29) is 6.61 Å². The molecule has 0 aromatic heterocycles. The third kappa shape index (κ3) is 3.44. The van der Waals surface area contributed by atoms with Crippen molar-refractivity contribution in [3.05, 3.63) is 0 Å². The van der Waals surface area contributed by atoms with Crippen LogP contribution in [0.25, 0.3) is 0 Å². The van der Waals surface area contributed by atoms with Crippen LogP contribution < -0.4 is 5.32 Å². The topological polar surface area (TPSA) is 67.8 Å². The summed E-state index contributed by atoms with van der Waals surface area (Å²) < 4.78 is 10.6. The Balaban J connectivity index is 2.25. The monoisotopic (exact) mass is 217 g/mol. The van der Waals surface area contributed by atoms with E-state index in [9.17, 15) is 4.79 Å². The molecule has 0 aliphatic carbocycles. The Morgan fingerprint density at radius 1 is 1.73 bits per heavy atom. The molecule has 2 atom stereocenters. The first-order valence-corrected chi connectivity index (χ1v) is 5.16. The highest BCUT2D eigenvalue weighted by Crippen LogP contribution is 2.13. The molecule has 0 radical (unpaired) electrons. The van der Waals surface area contributed by atoms with Crippen LogP contribution in [0.3, 0.4) is 0 Å². The summed E-state index contributed by atoms with van der Waals surface area (Å²) in [5, 5.41) is 11.7. The Hall–Kier alpha value is -0.650. The average Bonchev–Trinajstić information content (AvgIpc) is 2.70. The first-order chi connectivity index (χ1) is 7.08. The van der Waals surface area contributed by atoms with Gasteiger partial charge in [-0.25, -0.2) is 0 Å². The Bertz CT molecular complexity index is 215. The maximum atomic E-state index is 10.9. The largest absolute Gasteiger partial charge is 0.480 e. The van der Waals surface area contributed by atoms with Crippen molar-refractivity contribution in [1.82, 2.24) is 5.32 Å². The normalized spacial score (nSPS) is 25.1. The fraction of sp³-hybridized carbons (Fsp3) is 0.900. The van der Waals surface area contributed by atoms with Crippen LogP contribution in [0, 0.1) is 5.92 Å². The Labute approximate surface area is 89.8 Å². The number of rotatable bonds is 6. The Kier molecular flexibility index (Phi) is 4.50. The summed E-state index contributed by atoms with van der Waals surface area (Å²) in [6, 6.07) is 0. The fourth-order valence-corrected chi connectivity index (χ4v) is 1.39. The van der Waals surface area contributed by atoms with Crippen LogP contribution in [0.4, 0.5) is 0 Å². The third-order valence-electron chi connectivity index (χ3n) is 2.79. The maximum Gasteiger partial charge on any atom is 0.326 e. The van der Waals surface area contributed by atoms with E-state index in [1.165, 1.54) is 0 Å². The lowest BCUT2D eigenvalue weighted by Crippen LogP contribution is -2.51. The van der Waals surface area contributed by atoms with Gasteiger partial charge in [-0.05, 0) is 20.4 Å². The molecule has 1 rings (SSSR count). The van der Waals surface area contributed by atoms with E-state index in [1.54, 1.807) is 14.0 Å². The lowest BCUT2D eigenvalue weighted by Gasteiger charge is -2.24. The SMILES string of the molecule is CNC(C)(COCC1CCOC1)C(=O)O. The zero-order valence-electron chi connectivity index (χ0n) is 9.28. The third-order valence-corrected chi connectivity index (χ3v) is 2.79. The Morgan fingerprint density at radius 3 is 2.93 bits per heavy atom. The predicted octanol–water partition coefficient (Wildman–Crippen LogP) is 0.102. The van der Waals surface area contributed by atoms with Crippen LogP contribution in [0.1, 0.15) is 13.3 Å². The highest BCUT2D eigenvalue weighted by Gasteiger charge is 2.31. The smallest absolute Gasteiger partial charge is 0.326 e. The van der Waals surface area contributed by atoms with E-state index >= 15 is 0 Å². The van der Waals surface area contributed by atoms with Gasteiger partial charge in [-0.1, -0.05) is 0 Å². The molecule has 1 aliphatic rings. The van der Waals surface area contributed by atoms with Gasteiger partial charge in [0, 0.05) is 12.5 Å². The molecule has 1 saturated heterocycles. The highest BCUT2D eigenvalue weighted by atomic mass is 16.5. The summed E-state index contributed by atoms with van der Waals surface area (Å²) in [4.78, 5) is 10.9. The summed E-state index contributed by atoms with van der Waals surface area (Å²) in [5.41, 5.74) is -1.00. The molecular weight excluding hydrogens is 198 g/mol. The first kappa shape index (κ1) is 12.4. The maximum absolute atomic E-state index is 10.9. The minimum Gasteiger partial charge on any atom is -0.480 e. The predicted molar refractivity (Wildman–Crippen MR) is 54.8 cm³/mol. The summed E-state index contributed by atoms with van der Waals surface area (Å²) in [7, 11) is 1.62. The van der Waals surface area contributed by atoms with E-state index in [4.69, 9.17) is 14.6 Å². The van der Waals surface area contributed by atoms with Crippen molar-refractivity contribution in [2.45, 2.75) is 18.9 Å². The molecule has 2 N–H and O–H groups in total. The molecule has 0 amide bonds. The molecule has 0 spiro atoms. The van der Waals surface area contributed by atoms with Gasteiger partial charge in [0.05, 0.1) is 19.8 Å². The lowest BCUT2D eigenvalue weighted by molar-refractivity contribution is -0.146. The summed E-state index contributed by atoms with van der Waals surface area (Å²) in [6.07, 6.45) is 1.00. The second kappa shape index (κ2) is 5.44. The molecule has 1 fully saturated rings. The molecule has 0 aromatic rings. The van der Waals surface area contributed by atoms with Crippen LogP contribution in [0.2, 0.25) is 0 Å². The zero-order chi connectivity index (χ0) is 11.3. The van der Waals surface area contributed by atoms with Gasteiger partial charge in [0.2, 0.25) is 0 Å². The van der Waals surface area contributed by atoms with E-state index < -0.39 is 11.5 Å². The summed E-state index contributed by atoms with van der Waals surface area (Å²) in [5.74, 6) is -0.479. The second-order valence-electron chi connectivity index (χ2n) is 4.13. The molecule has 5 heteroatoms.